The van der Waals surface area contributed by atoms with Crippen molar-refractivity contribution in [3.8, 4) is 0 Å². The summed E-state index contributed by atoms with van der Waals surface area (Å²) in [6.07, 6.45) is 2.86. The minimum Gasteiger partial charge on any atom is -0.386 e. The molecule has 0 saturated carbocycles. The van der Waals surface area contributed by atoms with Crippen LogP contribution in [0.3, 0.4) is 0 Å². The Morgan fingerprint density at radius 3 is 2.68 bits per heavy atom. The largest absolute Gasteiger partial charge is 0.386 e. The summed E-state index contributed by atoms with van der Waals surface area (Å²) in [5, 5.41) is 17.8. The van der Waals surface area contributed by atoms with Crippen LogP contribution in [0.5, 0.6) is 0 Å². The lowest BCUT2D eigenvalue weighted by molar-refractivity contribution is -0.120. The summed E-state index contributed by atoms with van der Waals surface area (Å²) in [5.41, 5.74) is 2.80. The molecule has 3 rings (SSSR count). The smallest absolute Gasteiger partial charge is 0.246 e. The number of rotatable bonds is 5. The molecule has 1 aromatic carbocycles. The SMILES string of the molecule is CCNC(=NCC(O)c1ccc(C)cc1)N1CCN(c2cnn(C)c2)C(=O)C1. The van der Waals surface area contributed by atoms with Crippen molar-refractivity contribution in [2.45, 2.75) is 20.0 Å². The first-order valence-electron chi connectivity index (χ1n) is 9.55. The van der Waals surface area contributed by atoms with Crippen LogP contribution in [0, 0.1) is 6.92 Å². The van der Waals surface area contributed by atoms with E-state index >= 15 is 0 Å². The highest BCUT2D eigenvalue weighted by Gasteiger charge is 2.27. The maximum atomic E-state index is 12.6. The van der Waals surface area contributed by atoms with E-state index in [-0.39, 0.29) is 19.0 Å². The van der Waals surface area contributed by atoms with Gasteiger partial charge in [-0.1, -0.05) is 29.8 Å². The fraction of sp³-hybridized carbons (Fsp3) is 0.450. The number of amides is 1. The van der Waals surface area contributed by atoms with Gasteiger partial charge in [-0.2, -0.15) is 5.10 Å². The Bertz CT molecular complexity index is 829. The van der Waals surface area contributed by atoms with Crippen molar-refractivity contribution in [1.82, 2.24) is 20.0 Å². The van der Waals surface area contributed by atoms with Crippen molar-refractivity contribution in [3.05, 3.63) is 47.8 Å². The summed E-state index contributed by atoms with van der Waals surface area (Å²) in [6.45, 7) is 6.39. The lowest BCUT2D eigenvalue weighted by atomic mass is 10.1. The van der Waals surface area contributed by atoms with Gasteiger partial charge in [0.1, 0.15) is 6.54 Å². The molecule has 1 aliphatic heterocycles. The van der Waals surface area contributed by atoms with Gasteiger partial charge in [-0.25, -0.2) is 0 Å². The number of benzene rings is 1. The fourth-order valence-electron chi connectivity index (χ4n) is 3.17. The van der Waals surface area contributed by atoms with Gasteiger partial charge in [0.25, 0.3) is 0 Å². The van der Waals surface area contributed by atoms with E-state index in [1.165, 1.54) is 0 Å². The van der Waals surface area contributed by atoms with E-state index in [9.17, 15) is 9.90 Å². The van der Waals surface area contributed by atoms with Gasteiger partial charge in [-0.3, -0.25) is 14.5 Å². The van der Waals surface area contributed by atoms with Gasteiger partial charge < -0.3 is 20.2 Å². The number of aryl methyl sites for hydroxylation is 2. The Morgan fingerprint density at radius 1 is 1.32 bits per heavy atom. The maximum Gasteiger partial charge on any atom is 0.246 e. The average Bonchev–Trinajstić information content (AvgIpc) is 3.11. The molecule has 1 amide bonds. The molecule has 0 bridgehead atoms. The number of hydrogen-bond acceptors (Lipinski definition) is 4. The van der Waals surface area contributed by atoms with Gasteiger partial charge in [0.05, 0.1) is 24.5 Å². The van der Waals surface area contributed by atoms with Gasteiger partial charge in [-0.05, 0) is 19.4 Å². The Labute approximate surface area is 165 Å². The zero-order valence-electron chi connectivity index (χ0n) is 16.7. The third-order valence-corrected chi connectivity index (χ3v) is 4.73. The molecule has 1 atom stereocenters. The second-order valence-electron chi connectivity index (χ2n) is 6.96. The van der Waals surface area contributed by atoms with Crippen LogP contribution in [0.1, 0.15) is 24.2 Å². The third-order valence-electron chi connectivity index (χ3n) is 4.73. The molecule has 8 heteroatoms. The lowest BCUT2D eigenvalue weighted by Gasteiger charge is -2.35. The van der Waals surface area contributed by atoms with Gasteiger partial charge in [0.2, 0.25) is 5.91 Å². The van der Waals surface area contributed by atoms with E-state index in [0.29, 0.717) is 25.6 Å². The minimum atomic E-state index is -0.679. The molecule has 28 heavy (non-hydrogen) atoms. The first-order chi connectivity index (χ1) is 13.5. The minimum absolute atomic E-state index is 0.00364. The van der Waals surface area contributed by atoms with E-state index in [0.717, 1.165) is 16.8 Å². The maximum absolute atomic E-state index is 12.6. The third kappa shape index (κ3) is 4.69. The molecule has 2 aromatic rings. The van der Waals surface area contributed by atoms with Gasteiger partial charge in [0.15, 0.2) is 5.96 Å². The monoisotopic (exact) mass is 384 g/mol. The van der Waals surface area contributed by atoms with Crippen LogP contribution >= 0.6 is 0 Å². The Kier molecular flexibility index (Phi) is 6.30. The fourth-order valence-corrected chi connectivity index (χ4v) is 3.17. The van der Waals surface area contributed by atoms with Crippen LogP contribution < -0.4 is 10.2 Å². The molecule has 0 aliphatic carbocycles. The summed E-state index contributed by atoms with van der Waals surface area (Å²) in [7, 11) is 1.83. The van der Waals surface area contributed by atoms with Crippen molar-refractivity contribution in [2.75, 3.05) is 37.6 Å². The Morgan fingerprint density at radius 2 is 2.07 bits per heavy atom. The standard InChI is InChI=1S/C20H28N6O2/c1-4-21-20(22-12-18(27)16-7-5-15(2)6-8-16)25-9-10-26(19(28)14-25)17-11-23-24(3)13-17/h5-8,11,13,18,27H,4,9-10,12,14H2,1-3H3,(H,21,22). The molecule has 2 heterocycles. The van der Waals surface area contributed by atoms with E-state index in [4.69, 9.17) is 0 Å². The van der Waals surface area contributed by atoms with Crippen LogP contribution in [0.25, 0.3) is 0 Å². The Balaban J connectivity index is 1.65. The van der Waals surface area contributed by atoms with Crippen LogP contribution in [0.4, 0.5) is 5.69 Å². The predicted molar refractivity (Wildman–Crippen MR) is 109 cm³/mol. The van der Waals surface area contributed by atoms with Crippen molar-refractivity contribution < 1.29 is 9.90 Å². The van der Waals surface area contributed by atoms with Crippen molar-refractivity contribution in [3.63, 3.8) is 0 Å². The molecule has 0 spiro atoms. The van der Waals surface area contributed by atoms with E-state index in [2.05, 4.69) is 15.4 Å². The quantitative estimate of drug-likeness (QED) is 0.595. The van der Waals surface area contributed by atoms with E-state index in [1.807, 2.05) is 56.3 Å². The number of anilines is 1. The number of aliphatic hydroxyl groups excluding tert-OH is 1. The topological polar surface area (TPSA) is 86.0 Å². The van der Waals surface area contributed by atoms with Crippen molar-refractivity contribution in [1.29, 1.82) is 0 Å². The molecule has 1 unspecified atom stereocenters. The van der Waals surface area contributed by atoms with Crippen LogP contribution in [0.15, 0.2) is 41.7 Å². The highest BCUT2D eigenvalue weighted by Crippen LogP contribution is 2.17. The van der Waals surface area contributed by atoms with Gasteiger partial charge in [0, 0.05) is 32.9 Å². The first kappa shape index (κ1) is 19.9. The summed E-state index contributed by atoms with van der Waals surface area (Å²) >= 11 is 0. The molecule has 2 N–H and O–H groups in total. The number of guanidine groups is 1. The second kappa shape index (κ2) is 8.88. The second-order valence-corrected chi connectivity index (χ2v) is 6.96. The molecule has 0 radical (unpaired) electrons. The molecule has 1 fully saturated rings. The molecular weight excluding hydrogens is 356 g/mol. The molecule has 1 aliphatic rings. The van der Waals surface area contributed by atoms with E-state index in [1.54, 1.807) is 15.8 Å². The molecule has 1 aromatic heterocycles. The summed E-state index contributed by atoms with van der Waals surface area (Å²) in [5.74, 6) is 0.650. The molecular formula is C20H28N6O2. The number of aromatic nitrogens is 2. The summed E-state index contributed by atoms with van der Waals surface area (Å²) in [6, 6.07) is 7.78. The van der Waals surface area contributed by atoms with Crippen LogP contribution in [0.2, 0.25) is 0 Å². The Hall–Kier alpha value is -2.87. The normalized spacial score (nSPS) is 16.4. The average molecular weight is 384 g/mol. The summed E-state index contributed by atoms with van der Waals surface area (Å²) < 4.78 is 1.69. The first-order valence-corrected chi connectivity index (χ1v) is 9.55. The number of carbonyl (C=O) groups excluding carboxylic acids is 1. The van der Waals surface area contributed by atoms with Crippen molar-refractivity contribution >= 4 is 17.6 Å². The summed E-state index contributed by atoms with van der Waals surface area (Å²) in [4.78, 5) is 20.9. The lowest BCUT2D eigenvalue weighted by Crippen LogP contribution is -2.55. The van der Waals surface area contributed by atoms with Crippen LogP contribution in [-0.4, -0.2) is 64.4 Å². The zero-order valence-corrected chi connectivity index (χ0v) is 16.7. The molecule has 8 nitrogen and oxygen atoms in total. The number of piperazine rings is 1. The number of carbonyl (C=O) groups is 1. The zero-order chi connectivity index (χ0) is 20.1. The molecule has 150 valence electrons. The number of nitrogens with zero attached hydrogens (tertiary/aromatic N) is 5. The number of nitrogens with one attached hydrogen (secondary N) is 1. The molecule has 1 saturated heterocycles. The van der Waals surface area contributed by atoms with E-state index < -0.39 is 6.10 Å². The highest BCUT2D eigenvalue weighted by molar-refractivity contribution is 5.98. The van der Waals surface area contributed by atoms with Gasteiger partial charge >= 0.3 is 0 Å². The number of aliphatic hydroxyl groups is 1. The van der Waals surface area contributed by atoms with Crippen molar-refractivity contribution in [2.24, 2.45) is 12.0 Å². The highest BCUT2D eigenvalue weighted by atomic mass is 16.3. The number of hydrogen-bond donors (Lipinski definition) is 2. The number of aliphatic imine (C=N–C) groups is 1. The van der Waals surface area contributed by atoms with Crippen LogP contribution in [-0.2, 0) is 11.8 Å². The predicted octanol–water partition coefficient (Wildman–Crippen LogP) is 1.08. The van der Waals surface area contributed by atoms with Gasteiger partial charge in [-0.15, -0.1) is 0 Å².